The molecule has 2 N–H and O–H groups in total. The first kappa shape index (κ1) is 10.9. The van der Waals surface area contributed by atoms with Crippen LogP contribution >= 0.6 is 0 Å². The number of alkyl halides is 1. The molecule has 1 aliphatic heterocycles. The number of fused-ring (bicyclic) bond motifs is 1. The third kappa shape index (κ3) is 2.01. The van der Waals surface area contributed by atoms with Gasteiger partial charge in [0.15, 0.2) is 5.79 Å². The zero-order valence-electron chi connectivity index (χ0n) is 9.82. The Kier molecular flexibility index (Phi) is 2.37. The number of aromatic nitrogens is 1. The van der Waals surface area contributed by atoms with Crippen LogP contribution < -0.4 is 16.0 Å². The number of nitrogens with one attached hydrogen (secondary N) is 2. The van der Waals surface area contributed by atoms with E-state index in [0.717, 1.165) is 27.8 Å². The van der Waals surface area contributed by atoms with Crippen LogP contribution in [0.2, 0.25) is 0 Å². The quantitative estimate of drug-likeness (QED) is 0.734. The molecule has 1 aromatic heterocycles. The zero-order valence-corrected chi connectivity index (χ0v) is 9.82. The molecule has 3 nitrogen and oxygen atoms in total. The van der Waals surface area contributed by atoms with E-state index in [1.165, 1.54) is 13.8 Å². The first-order valence-electron chi connectivity index (χ1n) is 5.29. The summed E-state index contributed by atoms with van der Waals surface area (Å²) in [5.74, 6) is -1.44. The third-order valence-electron chi connectivity index (χ3n) is 2.44. The zero-order chi connectivity index (χ0) is 11.9. The smallest absolute Gasteiger partial charge is 0.174 e. The highest BCUT2D eigenvalue weighted by atomic mass is 19.1. The Balaban J connectivity index is 2.57. The fourth-order valence-corrected chi connectivity index (χ4v) is 1.80. The first-order chi connectivity index (χ1) is 7.37. The van der Waals surface area contributed by atoms with Gasteiger partial charge in [-0.25, -0.2) is 9.38 Å². The van der Waals surface area contributed by atoms with Crippen molar-refractivity contribution in [2.45, 2.75) is 33.0 Å². The topological polar surface area (TPSA) is 40.2 Å². The van der Waals surface area contributed by atoms with Crippen LogP contribution in [0.25, 0.3) is 6.08 Å². The van der Waals surface area contributed by atoms with Gasteiger partial charge in [-0.3, -0.25) is 0 Å². The summed E-state index contributed by atoms with van der Waals surface area (Å²) in [7, 11) is 0. The second-order valence-corrected chi connectivity index (χ2v) is 4.57. The third-order valence-corrected chi connectivity index (χ3v) is 2.44. The summed E-state index contributed by atoms with van der Waals surface area (Å²) in [6, 6.07) is 0. The van der Waals surface area contributed by atoms with E-state index in [4.69, 9.17) is 0 Å². The van der Waals surface area contributed by atoms with E-state index in [1.807, 2.05) is 13.0 Å². The van der Waals surface area contributed by atoms with Gasteiger partial charge in [0, 0.05) is 23.0 Å². The molecule has 4 heteroatoms. The molecule has 1 aliphatic rings. The van der Waals surface area contributed by atoms with Crippen LogP contribution in [0, 0.1) is 6.92 Å². The van der Waals surface area contributed by atoms with Gasteiger partial charge in [-0.2, -0.15) is 0 Å². The minimum absolute atomic E-state index is 0.714. The van der Waals surface area contributed by atoms with Crippen molar-refractivity contribution in [2.24, 2.45) is 4.99 Å². The standard InChI is InChI=1S/C12H16FN3/c1-7-5-6-9-10(16-12(3,4)13)8(2)15-11(9)14-7/h6,16H,1,5H2,2-4H3,(H,14,15). The number of halogens is 1. The molecule has 0 saturated heterocycles. The molecule has 0 aliphatic carbocycles. The van der Waals surface area contributed by atoms with E-state index in [2.05, 4.69) is 21.9 Å². The van der Waals surface area contributed by atoms with E-state index in [0.29, 0.717) is 6.42 Å². The van der Waals surface area contributed by atoms with Crippen LogP contribution in [-0.4, -0.2) is 10.8 Å². The monoisotopic (exact) mass is 221 g/mol. The fraction of sp³-hybridized carbons (Fsp3) is 0.417. The van der Waals surface area contributed by atoms with Crippen molar-refractivity contribution in [1.29, 1.82) is 0 Å². The number of H-pyrrole nitrogens is 1. The lowest BCUT2D eigenvalue weighted by Gasteiger charge is -2.17. The molecule has 86 valence electrons. The summed E-state index contributed by atoms with van der Waals surface area (Å²) in [5, 5.41) is 3.79. The molecule has 0 radical (unpaired) electrons. The Hall–Kier alpha value is -1.58. The Morgan fingerprint density at radius 1 is 1.56 bits per heavy atom. The Bertz CT molecular complexity index is 546. The summed E-state index contributed by atoms with van der Waals surface area (Å²) in [5.41, 5.74) is 3.27. The molecule has 0 bridgehead atoms. The Labute approximate surface area is 93.8 Å². The van der Waals surface area contributed by atoms with E-state index in [-0.39, 0.29) is 0 Å². The highest BCUT2D eigenvalue weighted by Gasteiger charge is 2.18. The minimum atomic E-state index is -1.44. The molecule has 0 unspecified atom stereocenters. The maximum atomic E-state index is 13.6. The summed E-state index contributed by atoms with van der Waals surface area (Å²) >= 11 is 0. The van der Waals surface area contributed by atoms with Gasteiger partial charge in [-0.1, -0.05) is 12.7 Å². The molecule has 1 aromatic rings. The van der Waals surface area contributed by atoms with Gasteiger partial charge in [0.1, 0.15) is 5.49 Å². The van der Waals surface area contributed by atoms with Gasteiger partial charge >= 0.3 is 0 Å². The number of hydrogen-bond acceptors (Lipinski definition) is 2. The number of allylic oxidation sites excluding steroid dienone is 1. The predicted octanol–water partition coefficient (Wildman–Crippen LogP) is 1.76. The number of aromatic amines is 1. The van der Waals surface area contributed by atoms with Crippen molar-refractivity contribution in [3.8, 4) is 0 Å². The normalized spacial score (nSPS) is 15.1. The second-order valence-electron chi connectivity index (χ2n) is 4.57. The van der Waals surface area contributed by atoms with E-state index in [1.54, 1.807) is 0 Å². The minimum Gasteiger partial charge on any atom is -0.352 e. The average molecular weight is 221 g/mol. The number of anilines is 1. The van der Waals surface area contributed by atoms with Crippen LogP contribution in [0.3, 0.4) is 0 Å². The van der Waals surface area contributed by atoms with Crippen molar-refractivity contribution >= 4 is 11.8 Å². The maximum absolute atomic E-state index is 13.6. The number of rotatable bonds is 2. The van der Waals surface area contributed by atoms with Crippen LogP contribution in [0.1, 0.15) is 26.0 Å². The van der Waals surface area contributed by atoms with E-state index < -0.39 is 5.79 Å². The van der Waals surface area contributed by atoms with Crippen molar-refractivity contribution < 1.29 is 4.39 Å². The van der Waals surface area contributed by atoms with Crippen molar-refractivity contribution in [1.82, 2.24) is 4.98 Å². The fourth-order valence-electron chi connectivity index (χ4n) is 1.80. The number of aryl methyl sites for hydroxylation is 1. The maximum Gasteiger partial charge on any atom is 0.174 e. The Morgan fingerprint density at radius 2 is 2.25 bits per heavy atom. The van der Waals surface area contributed by atoms with Crippen molar-refractivity contribution in [3.05, 3.63) is 28.7 Å². The van der Waals surface area contributed by atoms with Gasteiger partial charge in [0.05, 0.1) is 5.69 Å². The number of nitrogens with zero attached hydrogens (tertiary/aromatic N) is 1. The summed E-state index contributed by atoms with van der Waals surface area (Å²) in [6.45, 7) is 8.70. The Morgan fingerprint density at radius 3 is 2.88 bits per heavy atom. The summed E-state index contributed by atoms with van der Waals surface area (Å²) in [6.07, 6.45) is 2.73. The second kappa shape index (κ2) is 3.47. The van der Waals surface area contributed by atoms with E-state index in [9.17, 15) is 4.39 Å². The largest absolute Gasteiger partial charge is 0.352 e. The average Bonchev–Trinajstić information content (AvgIpc) is 2.40. The van der Waals surface area contributed by atoms with Crippen molar-refractivity contribution in [2.75, 3.05) is 5.32 Å². The van der Waals surface area contributed by atoms with Crippen LogP contribution in [0.5, 0.6) is 0 Å². The van der Waals surface area contributed by atoms with Crippen molar-refractivity contribution in [3.63, 3.8) is 0 Å². The lowest BCUT2D eigenvalue weighted by Crippen LogP contribution is -2.32. The molecule has 0 atom stereocenters. The molecule has 0 spiro atoms. The summed E-state index contributed by atoms with van der Waals surface area (Å²) in [4.78, 5) is 7.44. The molecule has 0 saturated carbocycles. The van der Waals surface area contributed by atoms with Gasteiger partial charge in [0.25, 0.3) is 0 Å². The SMILES string of the molecule is C=C1CC=c2c(NC(C)(C)F)c(C)[nH]c2=N1. The lowest BCUT2D eigenvalue weighted by atomic mass is 10.2. The van der Waals surface area contributed by atoms with Gasteiger partial charge in [0.2, 0.25) is 0 Å². The van der Waals surface area contributed by atoms with E-state index >= 15 is 0 Å². The molecular weight excluding hydrogens is 205 g/mol. The van der Waals surface area contributed by atoms with Crippen LogP contribution in [0.15, 0.2) is 17.3 Å². The highest BCUT2D eigenvalue weighted by Crippen LogP contribution is 2.15. The van der Waals surface area contributed by atoms with Gasteiger partial charge in [-0.15, -0.1) is 0 Å². The predicted molar refractivity (Wildman–Crippen MR) is 63.3 cm³/mol. The molecular formula is C12H16FN3. The highest BCUT2D eigenvalue weighted by molar-refractivity contribution is 5.55. The van der Waals surface area contributed by atoms with Crippen LogP contribution in [-0.2, 0) is 0 Å². The number of hydrogen-bond donors (Lipinski definition) is 2. The summed E-state index contributed by atoms with van der Waals surface area (Å²) < 4.78 is 13.6. The van der Waals surface area contributed by atoms with Gasteiger partial charge in [-0.05, 0) is 20.8 Å². The van der Waals surface area contributed by atoms with Gasteiger partial charge < -0.3 is 10.3 Å². The molecule has 2 rings (SSSR count). The molecule has 16 heavy (non-hydrogen) atoms. The molecule has 0 aromatic carbocycles. The first-order valence-corrected chi connectivity index (χ1v) is 5.29. The van der Waals surface area contributed by atoms with Crippen LogP contribution in [0.4, 0.5) is 10.1 Å². The molecule has 0 amide bonds. The lowest BCUT2D eigenvalue weighted by molar-refractivity contribution is 0.258. The molecule has 2 heterocycles. The molecule has 0 fully saturated rings.